The number of hydrogen-bond acceptors (Lipinski definition) is 14. The van der Waals surface area contributed by atoms with Crippen LogP contribution in [-0.4, -0.2) is 140 Å². The summed E-state index contributed by atoms with van der Waals surface area (Å²) in [6, 6.07) is 3.28. The molecular weight excluding hydrogens is 760 g/mol. The highest BCUT2D eigenvalue weighted by Gasteiger charge is 2.55. The summed E-state index contributed by atoms with van der Waals surface area (Å²) < 4.78 is 20.3. The van der Waals surface area contributed by atoms with Crippen molar-refractivity contribution in [2.45, 2.75) is 89.5 Å². The van der Waals surface area contributed by atoms with Gasteiger partial charge in [-0.3, -0.25) is 9.80 Å². The predicted molar refractivity (Wildman–Crippen MR) is 210 cm³/mol. The summed E-state index contributed by atoms with van der Waals surface area (Å²) in [7, 11) is 2.65. The maximum Gasteiger partial charge on any atom is 0.410 e. The second-order valence-corrected chi connectivity index (χ2v) is 16.9. The fourth-order valence-corrected chi connectivity index (χ4v) is 7.09. The standard InChI is InChI=1S/C19H25N5O4.C11H20N2O2.C8H6ClN3O2/c1-18(2,3)28-17(26)24-8-7-23(10-19(24)5-6-19)15-12-9-13(16(25)27-4)22-14(12)20-11-21-15;1-10(2,3)15-9(14)13-7-6-12-8-11(13)4-5-11;1-14-8(13)5-2-4-6(9)10-3-11-7(4)12-5/h9,11H,5-8,10H2,1-4H3,(H,20,21,22);12H,4-8H2,1-3H3;2-3H,1H3,(H,10,11,12). The predicted octanol–water partition coefficient (Wildman–Crippen LogP) is 5.09. The number of esters is 2. The lowest BCUT2D eigenvalue weighted by molar-refractivity contribution is 0.00795. The Morgan fingerprint density at radius 2 is 1.21 bits per heavy atom. The van der Waals surface area contributed by atoms with Crippen molar-refractivity contribution in [2.24, 2.45) is 0 Å². The third-order valence-corrected chi connectivity index (χ3v) is 10.3. The zero-order chi connectivity index (χ0) is 41.3. The van der Waals surface area contributed by atoms with Crippen molar-refractivity contribution >= 4 is 63.6 Å². The first-order valence-electron chi connectivity index (χ1n) is 18.8. The van der Waals surface area contributed by atoms with E-state index in [1.165, 1.54) is 26.9 Å². The second-order valence-electron chi connectivity index (χ2n) is 16.5. The number of carbonyl (C=O) groups is 4. The van der Waals surface area contributed by atoms with Gasteiger partial charge in [-0.25, -0.2) is 39.1 Å². The van der Waals surface area contributed by atoms with E-state index in [1.54, 1.807) is 12.1 Å². The van der Waals surface area contributed by atoms with Gasteiger partial charge in [-0.15, -0.1) is 0 Å². The van der Waals surface area contributed by atoms with Gasteiger partial charge >= 0.3 is 24.1 Å². The number of halogens is 1. The van der Waals surface area contributed by atoms with Crippen LogP contribution in [0.4, 0.5) is 15.4 Å². The Hall–Kier alpha value is -5.23. The van der Waals surface area contributed by atoms with E-state index in [-0.39, 0.29) is 23.3 Å². The number of fused-ring (bicyclic) bond motifs is 2. The molecule has 2 aliphatic carbocycles. The normalized spacial score (nSPS) is 17.9. The van der Waals surface area contributed by atoms with Crippen LogP contribution >= 0.6 is 11.6 Å². The van der Waals surface area contributed by atoms with Crippen LogP contribution < -0.4 is 10.2 Å². The van der Waals surface area contributed by atoms with Crippen molar-refractivity contribution < 1.29 is 38.1 Å². The number of nitrogens with zero attached hydrogens (tertiary/aromatic N) is 7. The quantitative estimate of drug-likeness (QED) is 0.140. The van der Waals surface area contributed by atoms with Gasteiger partial charge in [0, 0.05) is 39.3 Å². The van der Waals surface area contributed by atoms with Crippen LogP contribution in [0.5, 0.6) is 0 Å². The molecule has 2 amide bonds. The number of H-pyrrole nitrogens is 2. The topological polar surface area (TPSA) is 210 Å². The Morgan fingerprint density at radius 3 is 1.72 bits per heavy atom. The molecule has 4 fully saturated rings. The molecule has 18 nitrogen and oxygen atoms in total. The van der Waals surface area contributed by atoms with Crippen LogP contribution in [0.25, 0.3) is 22.1 Å². The largest absolute Gasteiger partial charge is 0.464 e. The second kappa shape index (κ2) is 16.0. The fourth-order valence-electron chi connectivity index (χ4n) is 6.90. The smallest absolute Gasteiger partial charge is 0.410 e. The molecule has 57 heavy (non-hydrogen) atoms. The number of carbonyl (C=O) groups excluding carboxylic acids is 4. The Morgan fingerprint density at radius 1 is 0.702 bits per heavy atom. The van der Waals surface area contributed by atoms with Crippen molar-refractivity contribution in [3.63, 3.8) is 0 Å². The first kappa shape index (κ1) is 41.4. The van der Waals surface area contributed by atoms with Crippen molar-refractivity contribution in [1.29, 1.82) is 0 Å². The van der Waals surface area contributed by atoms with E-state index < -0.39 is 23.1 Å². The van der Waals surface area contributed by atoms with Crippen molar-refractivity contribution in [2.75, 3.05) is 58.4 Å². The monoisotopic (exact) mass is 810 g/mol. The van der Waals surface area contributed by atoms with E-state index in [4.69, 9.17) is 25.8 Å². The minimum atomic E-state index is -0.515. The number of hydrogen-bond donors (Lipinski definition) is 3. The first-order valence-corrected chi connectivity index (χ1v) is 19.2. The van der Waals surface area contributed by atoms with Gasteiger partial charge < -0.3 is 39.1 Å². The zero-order valence-corrected chi connectivity index (χ0v) is 34.4. The molecule has 2 aliphatic heterocycles. The van der Waals surface area contributed by atoms with E-state index in [1.807, 2.05) is 51.3 Å². The van der Waals surface area contributed by atoms with Gasteiger partial charge in [-0.2, -0.15) is 0 Å². The molecule has 2 saturated heterocycles. The highest BCUT2D eigenvalue weighted by molar-refractivity contribution is 6.34. The number of anilines is 1. The molecule has 0 unspecified atom stereocenters. The number of rotatable bonds is 3. The van der Waals surface area contributed by atoms with E-state index in [9.17, 15) is 19.2 Å². The number of nitrogens with one attached hydrogen (secondary N) is 3. The molecule has 19 heteroatoms. The summed E-state index contributed by atoms with van der Waals surface area (Å²) in [5, 5.41) is 5.02. The Bertz CT molecular complexity index is 2130. The van der Waals surface area contributed by atoms with Gasteiger partial charge in [-0.05, 0) is 79.4 Å². The molecule has 0 aromatic carbocycles. The lowest BCUT2D eigenvalue weighted by Crippen LogP contribution is -2.58. The molecule has 4 aromatic heterocycles. The SMILES string of the molecule is CC(C)(C)OC(=O)N1CCNCC12CC2.COC(=O)c1cc2c(Cl)ncnc2[nH]1.COC(=O)c1cc2c(N3CCN(C(=O)OC(C)(C)C)C4(CC4)C3)ncnc2[nH]1. The van der Waals surface area contributed by atoms with Gasteiger partial charge in [0.05, 0.1) is 36.1 Å². The van der Waals surface area contributed by atoms with E-state index in [2.05, 4.69) is 44.9 Å². The average Bonchev–Trinajstić information content (AvgIpc) is 3.98. The molecule has 2 saturated carbocycles. The van der Waals surface area contributed by atoms with Gasteiger partial charge in [0.25, 0.3) is 0 Å². The molecule has 8 rings (SSSR count). The minimum Gasteiger partial charge on any atom is -0.464 e. The number of aromatic nitrogens is 6. The highest BCUT2D eigenvalue weighted by atomic mass is 35.5. The van der Waals surface area contributed by atoms with E-state index >= 15 is 0 Å². The number of piperazine rings is 2. The first-order chi connectivity index (χ1) is 26.9. The van der Waals surface area contributed by atoms with Crippen LogP contribution in [0.1, 0.15) is 88.2 Å². The molecule has 2 spiro atoms. The lowest BCUT2D eigenvalue weighted by Gasteiger charge is -2.42. The summed E-state index contributed by atoms with van der Waals surface area (Å²) >= 11 is 5.80. The molecule has 308 valence electrons. The third-order valence-electron chi connectivity index (χ3n) is 9.96. The zero-order valence-electron chi connectivity index (χ0n) is 33.7. The van der Waals surface area contributed by atoms with Crippen LogP contribution in [-0.2, 0) is 18.9 Å². The lowest BCUT2D eigenvalue weighted by atomic mass is 10.1. The summed E-state index contributed by atoms with van der Waals surface area (Å²) in [4.78, 5) is 75.7. The Balaban J connectivity index is 0.000000159. The Labute approximate surface area is 335 Å². The van der Waals surface area contributed by atoms with Crippen molar-refractivity contribution in [3.05, 3.63) is 41.3 Å². The van der Waals surface area contributed by atoms with Crippen LogP contribution in [0.15, 0.2) is 24.8 Å². The summed E-state index contributed by atoms with van der Waals surface area (Å²) in [6.45, 7) is 15.8. The van der Waals surface area contributed by atoms with Gasteiger partial charge in [0.15, 0.2) is 0 Å². The molecule has 4 aromatic rings. The summed E-state index contributed by atoms with van der Waals surface area (Å²) in [5.41, 5.74) is 0.726. The number of aromatic amines is 2. The maximum atomic E-state index is 12.6. The number of amides is 2. The van der Waals surface area contributed by atoms with Crippen LogP contribution in [0, 0.1) is 0 Å². The molecular formula is C38H51ClN10O8. The van der Waals surface area contributed by atoms with E-state index in [0.717, 1.165) is 56.5 Å². The van der Waals surface area contributed by atoms with Gasteiger partial charge in [0.1, 0.15) is 57.5 Å². The van der Waals surface area contributed by atoms with E-state index in [0.29, 0.717) is 52.9 Å². The number of ether oxygens (including phenoxy) is 4. The number of methoxy groups -OCH3 is 2. The summed E-state index contributed by atoms with van der Waals surface area (Å²) in [5.74, 6) is -0.150. The van der Waals surface area contributed by atoms with Crippen molar-refractivity contribution in [3.8, 4) is 0 Å². The Kier molecular flexibility index (Phi) is 11.6. The molecule has 0 radical (unpaired) electrons. The minimum absolute atomic E-state index is 0.0839. The molecule has 4 aliphatic rings. The highest BCUT2D eigenvalue weighted by Crippen LogP contribution is 2.46. The third kappa shape index (κ3) is 9.50. The molecule has 6 heterocycles. The summed E-state index contributed by atoms with van der Waals surface area (Å²) in [6.07, 6.45) is 6.50. The average molecular weight is 811 g/mol. The molecule has 0 bridgehead atoms. The molecule has 3 N–H and O–H groups in total. The van der Waals surface area contributed by atoms with Crippen molar-refractivity contribution in [1.82, 2.24) is 45.0 Å². The van der Waals surface area contributed by atoms with Gasteiger partial charge in [-0.1, -0.05) is 11.6 Å². The maximum absolute atomic E-state index is 12.6. The van der Waals surface area contributed by atoms with Crippen LogP contribution in [0.2, 0.25) is 5.15 Å². The van der Waals surface area contributed by atoms with Gasteiger partial charge in [0.2, 0.25) is 0 Å². The molecule has 0 atom stereocenters. The van der Waals surface area contributed by atoms with Crippen LogP contribution in [0.3, 0.4) is 0 Å². The fraction of sp³-hybridized carbons (Fsp3) is 0.579.